The summed E-state index contributed by atoms with van der Waals surface area (Å²) in [5.41, 5.74) is -3.67. The molecule has 5 atom stereocenters. The van der Waals surface area contributed by atoms with Gasteiger partial charge in [-0.3, -0.25) is 4.79 Å². The van der Waals surface area contributed by atoms with E-state index in [0.717, 1.165) is 0 Å². The minimum Gasteiger partial charge on any atom is -0.508 e. The van der Waals surface area contributed by atoms with Gasteiger partial charge in [-0.2, -0.15) is 0 Å². The van der Waals surface area contributed by atoms with Gasteiger partial charge in [0.15, 0.2) is 22.9 Å². The van der Waals surface area contributed by atoms with E-state index in [1.807, 2.05) is 0 Å². The standard InChI is InChI=1S/C20H16O8/c21-8-2-1-6-7-5-10(23)15(24)11-9(22)3-4-19(26,13(7)11)20(27)14(6)12(8)16-17(28-16)18(20)25/h1-2,5,16-18,21,23-27H,3-4H2/t16-,17-,18-,19+,20-/m0/s1. The van der Waals surface area contributed by atoms with Gasteiger partial charge in [0, 0.05) is 23.1 Å². The normalized spacial score (nSPS) is 36.4. The number of benzene rings is 2. The van der Waals surface area contributed by atoms with Crippen molar-refractivity contribution < 1.29 is 40.2 Å². The van der Waals surface area contributed by atoms with Crippen LogP contribution >= 0.6 is 0 Å². The van der Waals surface area contributed by atoms with Crippen molar-refractivity contribution in [3.63, 3.8) is 0 Å². The van der Waals surface area contributed by atoms with Gasteiger partial charge in [0.05, 0.1) is 5.56 Å². The highest BCUT2D eigenvalue weighted by molar-refractivity contribution is 6.05. The van der Waals surface area contributed by atoms with Crippen molar-refractivity contribution in [3.05, 3.63) is 40.5 Å². The number of epoxide rings is 1. The van der Waals surface area contributed by atoms with Gasteiger partial charge in [0.2, 0.25) is 0 Å². The molecule has 1 fully saturated rings. The molecule has 2 aromatic rings. The number of aliphatic hydroxyl groups excluding tert-OH is 1. The van der Waals surface area contributed by atoms with Gasteiger partial charge >= 0.3 is 0 Å². The fourth-order valence-electron chi connectivity index (χ4n) is 5.46. The number of fused-ring (bicyclic) bond motifs is 4. The first-order chi connectivity index (χ1) is 13.2. The van der Waals surface area contributed by atoms with Gasteiger partial charge in [-0.05, 0) is 29.7 Å². The van der Waals surface area contributed by atoms with Crippen LogP contribution in [0.15, 0.2) is 18.2 Å². The Morgan fingerprint density at radius 3 is 2.54 bits per heavy atom. The number of ketones is 1. The molecular formula is C20H16O8. The molecule has 28 heavy (non-hydrogen) atoms. The van der Waals surface area contributed by atoms with E-state index >= 15 is 0 Å². The van der Waals surface area contributed by atoms with Crippen LogP contribution < -0.4 is 0 Å². The van der Waals surface area contributed by atoms with Crippen LogP contribution in [0.3, 0.4) is 0 Å². The predicted octanol–water partition coefficient (Wildman–Crippen LogP) is 0.650. The third-order valence-corrected chi connectivity index (χ3v) is 6.76. The van der Waals surface area contributed by atoms with Crippen LogP contribution in [0.5, 0.6) is 17.2 Å². The molecule has 3 aliphatic carbocycles. The quantitative estimate of drug-likeness (QED) is 0.286. The zero-order valence-corrected chi connectivity index (χ0v) is 14.4. The molecule has 1 saturated heterocycles. The van der Waals surface area contributed by atoms with Crippen molar-refractivity contribution in [2.24, 2.45) is 0 Å². The summed E-state index contributed by atoms with van der Waals surface area (Å²) in [5, 5.41) is 65.4. The lowest BCUT2D eigenvalue weighted by Gasteiger charge is -2.54. The van der Waals surface area contributed by atoms with Crippen LogP contribution in [0.2, 0.25) is 0 Å². The summed E-state index contributed by atoms with van der Waals surface area (Å²) in [6, 6.07) is 4.10. The van der Waals surface area contributed by atoms with Crippen LogP contribution in [0, 0.1) is 0 Å². The Morgan fingerprint density at radius 2 is 1.79 bits per heavy atom. The molecule has 8 heteroatoms. The molecule has 0 saturated carbocycles. The Kier molecular flexibility index (Phi) is 2.62. The highest BCUT2D eigenvalue weighted by Gasteiger charge is 2.71. The van der Waals surface area contributed by atoms with Crippen LogP contribution in [0.25, 0.3) is 11.1 Å². The highest BCUT2D eigenvalue weighted by atomic mass is 16.6. The molecule has 8 nitrogen and oxygen atoms in total. The van der Waals surface area contributed by atoms with Crippen molar-refractivity contribution in [3.8, 4) is 28.4 Å². The SMILES string of the molecule is O=C1CC[C@@]2(O)c3c(cc(O)c(O)c31)-c1ccc(O)c3c1[C@]2(O)[C@@H](O)[C@H]1O[C@@H]31. The van der Waals surface area contributed by atoms with Gasteiger partial charge in [0.25, 0.3) is 0 Å². The molecule has 2 aromatic carbocycles. The molecule has 144 valence electrons. The topological polar surface area (TPSA) is 151 Å². The maximum atomic E-state index is 12.5. The van der Waals surface area contributed by atoms with Gasteiger partial charge < -0.3 is 35.4 Å². The smallest absolute Gasteiger partial charge is 0.168 e. The van der Waals surface area contributed by atoms with Crippen molar-refractivity contribution in [1.82, 2.24) is 0 Å². The first-order valence-corrected chi connectivity index (χ1v) is 8.99. The van der Waals surface area contributed by atoms with E-state index in [-0.39, 0.29) is 46.4 Å². The summed E-state index contributed by atoms with van der Waals surface area (Å²) in [6.45, 7) is 0. The Balaban J connectivity index is 1.84. The number of carbonyl (C=O) groups excluding carboxylic acids is 1. The van der Waals surface area contributed by atoms with E-state index in [9.17, 15) is 35.4 Å². The van der Waals surface area contributed by atoms with E-state index in [1.165, 1.54) is 18.2 Å². The second-order valence-corrected chi connectivity index (χ2v) is 7.98. The first kappa shape index (κ1) is 16.3. The zero-order chi connectivity index (χ0) is 19.7. The summed E-state index contributed by atoms with van der Waals surface area (Å²) in [6.07, 6.45) is -3.34. The third kappa shape index (κ3) is 1.46. The molecular weight excluding hydrogens is 368 g/mol. The average molecular weight is 384 g/mol. The number of ether oxygens (including phenoxy) is 1. The second-order valence-electron chi connectivity index (χ2n) is 7.98. The van der Waals surface area contributed by atoms with Crippen molar-refractivity contribution >= 4 is 5.78 Å². The lowest BCUT2D eigenvalue weighted by atomic mass is 9.55. The highest BCUT2D eigenvalue weighted by Crippen LogP contribution is 2.67. The molecule has 6 N–H and O–H groups in total. The van der Waals surface area contributed by atoms with E-state index in [2.05, 4.69) is 0 Å². The minimum absolute atomic E-state index is 0.0242. The number of hydrogen-bond acceptors (Lipinski definition) is 8. The Morgan fingerprint density at radius 1 is 1.04 bits per heavy atom. The number of carbonyl (C=O) groups is 1. The fourth-order valence-corrected chi connectivity index (χ4v) is 5.46. The van der Waals surface area contributed by atoms with Crippen LogP contribution in [0.1, 0.15) is 46.0 Å². The molecule has 1 heterocycles. The number of rotatable bonds is 0. The maximum Gasteiger partial charge on any atom is 0.168 e. The zero-order valence-electron chi connectivity index (χ0n) is 14.4. The van der Waals surface area contributed by atoms with Crippen molar-refractivity contribution in [2.45, 2.75) is 42.4 Å². The van der Waals surface area contributed by atoms with E-state index in [0.29, 0.717) is 5.56 Å². The number of phenolic OH excluding ortho intramolecular Hbond substituents is 3. The predicted molar refractivity (Wildman–Crippen MR) is 91.9 cm³/mol. The Hall–Kier alpha value is -2.65. The van der Waals surface area contributed by atoms with Gasteiger partial charge in [-0.1, -0.05) is 6.07 Å². The number of aromatic hydroxyl groups is 3. The van der Waals surface area contributed by atoms with Crippen LogP contribution in [0.4, 0.5) is 0 Å². The molecule has 0 spiro atoms. The van der Waals surface area contributed by atoms with E-state index < -0.39 is 46.8 Å². The molecule has 4 aliphatic rings. The second kappa shape index (κ2) is 4.49. The van der Waals surface area contributed by atoms with Crippen LogP contribution in [-0.2, 0) is 15.9 Å². The summed E-state index contributed by atoms with van der Waals surface area (Å²) in [5.74, 6) is -1.82. The summed E-state index contributed by atoms with van der Waals surface area (Å²) < 4.78 is 5.48. The monoisotopic (exact) mass is 384 g/mol. The largest absolute Gasteiger partial charge is 0.508 e. The molecule has 0 amide bonds. The molecule has 0 unspecified atom stereocenters. The Bertz CT molecular complexity index is 1120. The lowest BCUT2D eigenvalue weighted by Crippen LogP contribution is -2.63. The van der Waals surface area contributed by atoms with Crippen molar-refractivity contribution in [1.29, 1.82) is 0 Å². The molecule has 0 radical (unpaired) electrons. The molecule has 6 rings (SSSR count). The average Bonchev–Trinajstić information content (AvgIpc) is 3.44. The number of aliphatic hydroxyl groups is 3. The van der Waals surface area contributed by atoms with Gasteiger partial charge in [0.1, 0.15) is 29.7 Å². The van der Waals surface area contributed by atoms with Crippen LogP contribution in [-0.4, -0.2) is 48.6 Å². The minimum atomic E-state index is -2.26. The van der Waals surface area contributed by atoms with E-state index in [1.54, 1.807) is 0 Å². The first-order valence-electron chi connectivity index (χ1n) is 8.99. The molecule has 0 aromatic heterocycles. The number of phenols is 3. The molecule has 0 bridgehead atoms. The van der Waals surface area contributed by atoms with Gasteiger partial charge in [-0.25, -0.2) is 0 Å². The molecule has 1 aliphatic heterocycles. The summed E-state index contributed by atoms with van der Waals surface area (Å²) >= 11 is 0. The Labute approximate surface area is 157 Å². The lowest BCUT2D eigenvalue weighted by molar-refractivity contribution is -0.227. The van der Waals surface area contributed by atoms with Gasteiger partial charge in [-0.15, -0.1) is 0 Å². The number of hydrogen-bond donors (Lipinski definition) is 6. The summed E-state index contributed by atoms with van der Waals surface area (Å²) in [7, 11) is 0. The maximum absolute atomic E-state index is 12.5. The third-order valence-electron chi connectivity index (χ3n) is 6.76. The summed E-state index contributed by atoms with van der Waals surface area (Å²) in [4.78, 5) is 12.5. The fraction of sp³-hybridized carbons (Fsp3) is 0.350. The number of Topliss-reactive ketones (excluding diaryl/α,β-unsaturated/α-hetero) is 1. The van der Waals surface area contributed by atoms with E-state index in [4.69, 9.17) is 4.74 Å². The van der Waals surface area contributed by atoms with Crippen molar-refractivity contribution in [2.75, 3.05) is 0 Å².